The predicted molar refractivity (Wildman–Crippen MR) is 59.9 cm³/mol. The Hall–Kier alpha value is -2.03. The van der Waals surface area contributed by atoms with Crippen LogP contribution in [0.3, 0.4) is 0 Å². The highest BCUT2D eigenvalue weighted by molar-refractivity contribution is 7.99. The van der Waals surface area contributed by atoms with E-state index in [1.165, 1.54) is 6.07 Å². The molecular weight excluding hydrogens is 246 g/mol. The van der Waals surface area contributed by atoms with Crippen molar-refractivity contribution >= 4 is 23.6 Å². The van der Waals surface area contributed by atoms with Gasteiger partial charge in [-0.05, 0) is 6.92 Å². The molecule has 2 aromatic heterocycles. The molecule has 2 rings (SSSR count). The maximum absolute atomic E-state index is 11.6. The quantitative estimate of drug-likeness (QED) is 0.733. The van der Waals surface area contributed by atoms with Crippen LogP contribution >= 0.6 is 11.8 Å². The van der Waals surface area contributed by atoms with Crippen LogP contribution in [0.4, 0.5) is 5.95 Å². The number of aromatic amines is 1. The van der Waals surface area contributed by atoms with Gasteiger partial charge >= 0.3 is 0 Å². The largest absolute Gasteiger partial charge is 0.373 e. The summed E-state index contributed by atoms with van der Waals surface area (Å²) in [6, 6.07) is 1.24. The van der Waals surface area contributed by atoms with Crippen LogP contribution in [0.15, 0.2) is 20.5 Å². The van der Waals surface area contributed by atoms with Crippen molar-refractivity contribution in [2.75, 3.05) is 11.5 Å². The minimum absolute atomic E-state index is 0.00977. The average Bonchev–Trinajstić information content (AvgIpc) is 2.81. The van der Waals surface area contributed by atoms with Crippen molar-refractivity contribution in [1.82, 2.24) is 19.9 Å². The molecule has 0 saturated heterocycles. The summed E-state index contributed by atoms with van der Waals surface area (Å²) in [5.74, 6) is 0.0716. The van der Waals surface area contributed by atoms with Crippen LogP contribution in [0.5, 0.6) is 0 Å². The lowest BCUT2D eigenvalue weighted by atomic mass is 10.5. The smallest absolute Gasteiger partial charge is 0.290 e. The fraction of sp³-hybridized carbons (Fsp3) is 0.250. The van der Waals surface area contributed by atoms with Crippen LogP contribution in [-0.2, 0) is 0 Å². The maximum atomic E-state index is 11.6. The third-order valence-corrected chi connectivity index (χ3v) is 2.63. The maximum Gasteiger partial charge on any atom is 0.290 e. The second-order valence-corrected chi connectivity index (χ2v) is 4.11. The van der Waals surface area contributed by atoms with Gasteiger partial charge in [0.25, 0.3) is 11.5 Å². The molecule has 0 unspecified atom stereocenters. The van der Waals surface area contributed by atoms with Gasteiger partial charge in [0.15, 0.2) is 0 Å². The summed E-state index contributed by atoms with van der Waals surface area (Å²) in [5.41, 5.74) is 4.84. The van der Waals surface area contributed by atoms with Gasteiger partial charge in [-0.25, -0.2) is 5.10 Å². The fourth-order valence-corrected chi connectivity index (χ4v) is 1.77. The topological polar surface area (TPSA) is 120 Å². The second-order valence-electron chi connectivity index (χ2n) is 3.16. The monoisotopic (exact) mass is 255 g/mol. The van der Waals surface area contributed by atoms with Gasteiger partial charge in [0.2, 0.25) is 11.1 Å². The minimum atomic E-state index is -0.484. The Kier molecular flexibility index (Phi) is 3.00. The highest BCUT2D eigenvalue weighted by Crippen LogP contribution is 2.12. The number of thioether (sulfide) groups is 1. The Labute approximate surface area is 99.2 Å². The molecule has 0 atom stereocenters. The standard InChI is InChI=1S/C8H9N5O3S/c1-4-2-5(14)13(16-4)6(15)3-17-8-10-7(9)11-12-8/h2H,3H2,1H3,(H3,9,10,11,12). The van der Waals surface area contributed by atoms with Crippen molar-refractivity contribution in [3.05, 3.63) is 22.2 Å². The Bertz CT molecular complexity index is 598. The number of aromatic nitrogens is 4. The molecule has 0 aliphatic rings. The van der Waals surface area contributed by atoms with Gasteiger partial charge in [-0.15, -0.1) is 9.84 Å². The molecule has 0 spiro atoms. The number of nitrogens with one attached hydrogen (secondary N) is 1. The van der Waals surface area contributed by atoms with E-state index in [0.717, 1.165) is 11.8 Å². The van der Waals surface area contributed by atoms with E-state index in [9.17, 15) is 9.59 Å². The summed E-state index contributed by atoms with van der Waals surface area (Å²) in [7, 11) is 0. The molecule has 0 aliphatic heterocycles. The predicted octanol–water partition coefficient (Wildman–Crippen LogP) is -0.117. The molecular formula is C8H9N5O3S. The Morgan fingerprint density at radius 2 is 2.47 bits per heavy atom. The number of carbonyl (C=O) groups is 1. The Morgan fingerprint density at radius 3 is 3.00 bits per heavy atom. The van der Waals surface area contributed by atoms with Crippen LogP contribution in [0.25, 0.3) is 0 Å². The van der Waals surface area contributed by atoms with Gasteiger partial charge in [-0.2, -0.15) is 4.98 Å². The highest BCUT2D eigenvalue weighted by atomic mass is 32.2. The summed E-state index contributed by atoms with van der Waals surface area (Å²) >= 11 is 1.06. The molecule has 9 heteroatoms. The molecule has 0 aliphatic carbocycles. The van der Waals surface area contributed by atoms with Crippen LogP contribution < -0.4 is 11.3 Å². The van der Waals surface area contributed by atoms with Gasteiger partial charge in [-0.1, -0.05) is 11.8 Å². The lowest BCUT2D eigenvalue weighted by Crippen LogP contribution is -2.23. The molecule has 0 aromatic carbocycles. The van der Waals surface area contributed by atoms with Crippen molar-refractivity contribution in [2.45, 2.75) is 12.1 Å². The van der Waals surface area contributed by atoms with Crippen molar-refractivity contribution in [3.63, 3.8) is 0 Å². The zero-order chi connectivity index (χ0) is 12.4. The molecule has 3 N–H and O–H groups in total. The number of hydrogen-bond acceptors (Lipinski definition) is 7. The zero-order valence-electron chi connectivity index (χ0n) is 8.84. The first-order valence-electron chi connectivity index (χ1n) is 4.60. The normalized spacial score (nSPS) is 10.6. The number of carbonyl (C=O) groups excluding carboxylic acids is 1. The van der Waals surface area contributed by atoms with E-state index in [2.05, 4.69) is 15.2 Å². The van der Waals surface area contributed by atoms with Crippen LogP contribution in [0.1, 0.15) is 10.6 Å². The number of nitrogens with two attached hydrogens (primary N) is 1. The molecule has 8 nitrogen and oxygen atoms in total. The Morgan fingerprint density at radius 1 is 1.71 bits per heavy atom. The first-order chi connectivity index (χ1) is 8.06. The molecule has 17 heavy (non-hydrogen) atoms. The SMILES string of the molecule is Cc1cc(=O)n(C(=O)CSc2n[nH]c(N)n2)o1. The summed E-state index contributed by atoms with van der Waals surface area (Å²) in [5, 5.41) is 6.52. The average molecular weight is 255 g/mol. The van der Waals surface area contributed by atoms with E-state index in [-0.39, 0.29) is 11.7 Å². The van der Waals surface area contributed by atoms with Crippen molar-refractivity contribution in [2.24, 2.45) is 0 Å². The summed E-state index contributed by atoms with van der Waals surface area (Å²) < 4.78 is 5.64. The minimum Gasteiger partial charge on any atom is -0.373 e. The second kappa shape index (κ2) is 4.45. The molecule has 0 amide bonds. The molecule has 0 saturated carbocycles. The lowest BCUT2D eigenvalue weighted by Gasteiger charge is -1.96. The van der Waals surface area contributed by atoms with Gasteiger partial charge < -0.3 is 10.3 Å². The van der Waals surface area contributed by atoms with Crippen LogP contribution in [0.2, 0.25) is 0 Å². The lowest BCUT2D eigenvalue weighted by molar-refractivity contribution is 0.0813. The van der Waals surface area contributed by atoms with Gasteiger partial charge in [0, 0.05) is 6.07 Å². The van der Waals surface area contributed by atoms with E-state index in [0.29, 0.717) is 15.7 Å². The third-order valence-electron chi connectivity index (χ3n) is 1.80. The number of nitrogens with zero attached hydrogens (tertiary/aromatic N) is 3. The van der Waals surface area contributed by atoms with Gasteiger partial charge in [0.05, 0.1) is 5.75 Å². The number of H-pyrrole nitrogens is 1. The van der Waals surface area contributed by atoms with Gasteiger partial charge in [0.1, 0.15) is 5.76 Å². The van der Waals surface area contributed by atoms with E-state index < -0.39 is 11.5 Å². The highest BCUT2D eigenvalue weighted by Gasteiger charge is 2.13. The third kappa shape index (κ3) is 2.56. The molecule has 90 valence electrons. The molecule has 0 radical (unpaired) electrons. The van der Waals surface area contributed by atoms with E-state index in [1.807, 2.05) is 0 Å². The molecule has 2 heterocycles. The first kappa shape index (κ1) is 11.5. The zero-order valence-corrected chi connectivity index (χ0v) is 9.65. The first-order valence-corrected chi connectivity index (χ1v) is 5.58. The van der Waals surface area contributed by atoms with E-state index >= 15 is 0 Å². The molecule has 2 aromatic rings. The number of aryl methyl sites for hydroxylation is 1. The number of nitrogen functional groups attached to an aromatic ring is 1. The fourth-order valence-electron chi connectivity index (χ4n) is 1.13. The number of rotatable bonds is 3. The van der Waals surface area contributed by atoms with Crippen LogP contribution in [-0.4, -0.2) is 31.6 Å². The van der Waals surface area contributed by atoms with Crippen molar-refractivity contribution in [1.29, 1.82) is 0 Å². The molecule has 0 bridgehead atoms. The van der Waals surface area contributed by atoms with Crippen molar-refractivity contribution in [3.8, 4) is 0 Å². The summed E-state index contributed by atoms with van der Waals surface area (Å²) in [6.07, 6.45) is 0. The van der Waals surface area contributed by atoms with Crippen molar-refractivity contribution < 1.29 is 9.32 Å². The van der Waals surface area contributed by atoms with Gasteiger partial charge in [-0.3, -0.25) is 9.59 Å². The van der Waals surface area contributed by atoms with E-state index in [4.69, 9.17) is 10.3 Å². The molecule has 0 fully saturated rings. The Balaban J connectivity index is 2.03. The summed E-state index contributed by atoms with van der Waals surface area (Å²) in [6.45, 7) is 1.59. The number of anilines is 1. The van der Waals surface area contributed by atoms with E-state index in [1.54, 1.807) is 6.92 Å². The van der Waals surface area contributed by atoms with Crippen LogP contribution in [0, 0.1) is 6.92 Å². The number of hydrogen-bond donors (Lipinski definition) is 2. The summed E-state index contributed by atoms with van der Waals surface area (Å²) in [4.78, 5) is 26.7.